The number of anilines is 2. The molecule has 27 heavy (non-hydrogen) atoms. The first-order chi connectivity index (χ1) is 12.9. The topological polar surface area (TPSA) is 71.8 Å². The molecule has 0 radical (unpaired) electrons. The third kappa shape index (κ3) is 4.40. The van der Waals surface area contributed by atoms with Crippen LogP contribution in [0.3, 0.4) is 0 Å². The first-order valence-electron chi connectivity index (χ1n) is 7.68. The number of benzene rings is 2. The molecule has 10 heteroatoms. The molecule has 2 N–H and O–H groups in total. The van der Waals surface area contributed by atoms with Gasteiger partial charge in [0.2, 0.25) is 0 Å². The molecule has 0 aliphatic heterocycles. The maximum atomic E-state index is 13.0. The summed E-state index contributed by atoms with van der Waals surface area (Å²) in [5.41, 5.74) is -0.173. The van der Waals surface area contributed by atoms with Crippen LogP contribution in [0.15, 0.2) is 54.7 Å². The number of halogens is 4. The molecule has 0 fully saturated rings. The number of aromatic nitrogens is 3. The molecular formula is C17H13F4N5O. The minimum atomic E-state index is -4.58. The van der Waals surface area contributed by atoms with Crippen LogP contribution in [-0.2, 0) is 12.9 Å². The molecule has 0 saturated heterocycles. The maximum Gasteiger partial charge on any atom is 0.418 e. The highest BCUT2D eigenvalue weighted by molar-refractivity contribution is 6.00. The lowest BCUT2D eigenvalue weighted by Crippen LogP contribution is -2.21. The Labute approximate surface area is 150 Å². The van der Waals surface area contributed by atoms with Gasteiger partial charge in [0, 0.05) is 5.69 Å². The van der Waals surface area contributed by atoms with Crippen molar-refractivity contribution < 1.29 is 22.4 Å². The fourth-order valence-electron chi connectivity index (χ4n) is 2.31. The van der Waals surface area contributed by atoms with E-state index in [0.717, 1.165) is 6.07 Å². The fourth-order valence-corrected chi connectivity index (χ4v) is 2.31. The van der Waals surface area contributed by atoms with E-state index in [4.69, 9.17) is 0 Å². The molecule has 3 aromatic rings. The van der Waals surface area contributed by atoms with Gasteiger partial charge in [-0.3, -0.25) is 0 Å². The summed E-state index contributed by atoms with van der Waals surface area (Å²) >= 11 is 0. The number of carbonyl (C=O) groups excluding carboxylic acids is 1. The number of hydrogen-bond donors (Lipinski definition) is 2. The Balaban J connectivity index is 1.68. The van der Waals surface area contributed by atoms with E-state index in [1.165, 1.54) is 41.2 Å². The largest absolute Gasteiger partial charge is 0.418 e. The standard InChI is InChI=1S/C17H13F4N5O/c18-9-12-10-26(25-24-12)13-7-5-11(6-8-13)22-16(27)23-15-4-2-1-3-14(15)17(19,20)21/h1-8,10H,9H2,(H2,22,23,27). The van der Waals surface area contributed by atoms with E-state index < -0.39 is 24.4 Å². The zero-order chi connectivity index (χ0) is 19.4. The van der Waals surface area contributed by atoms with E-state index in [-0.39, 0.29) is 11.4 Å². The lowest BCUT2D eigenvalue weighted by Gasteiger charge is -2.14. The second-order valence-electron chi connectivity index (χ2n) is 5.46. The minimum Gasteiger partial charge on any atom is -0.308 e. The first kappa shape index (κ1) is 18.4. The van der Waals surface area contributed by atoms with Crippen LogP contribution < -0.4 is 10.6 Å². The summed E-state index contributed by atoms with van der Waals surface area (Å²) in [7, 11) is 0. The van der Waals surface area contributed by atoms with Gasteiger partial charge in [-0.25, -0.2) is 13.9 Å². The molecule has 0 aliphatic carbocycles. The van der Waals surface area contributed by atoms with Crippen molar-refractivity contribution in [3.8, 4) is 5.69 Å². The van der Waals surface area contributed by atoms with Crippen molar-refractivity contribution in [2.45, 2.75) is 12.9 Å². The van der Waals surface area contributed by atoms with Gasteiger partial charge in [-0.1, -0.05) is 17.3 Å². The van der Waals surface area contributed by atoms with Crippen LogP contribution in [0, 0.1) is 0 Å². The lowest BCUT2D eigenvalue weighted by atomic mass is 10.1. The number of rotatable bonds is 4. The number of amides is 2. The van der Waals surface area contributed by atoms with Crippen LogP contribution in [0.2, 0.25) is 0 Å². The fraction of sp³-hybridized carbons (Fsp3) is 0.118. The molecule has 0 spiro atoms. The zero-order valence-electron chi connectivity index (χ0n) is 13.7. The molecule has 3 rings (SSSR count). The molecule has 1 aromatic heterocycles. The van der Waals surface area contributed by atoms with E-state index >= 15 is 0 Å². The average molecular weight is 379 g/mol. The Morgan fingerprint density at radius 3 is 2.37 bits per heavy atom. The molecule has 2 amide bonds. The highest BCUT2D eigenvalue weighted by Gasteiger charge is 2.33. The molecule has 0 unspecified atom stereocenters. The SMILES string of the molecule is O=C(Nc1ccc(-n2cc(CF)nn2)cc1)Nc1ccccc1C(F)(F)F. The summed E-state index contributed by atoms with van der Waals surface area (Å²) in [4.78, 5) is 12.0. The van der Waals surface area contributed by atoms with Crippen LogP contribution in [-0.4, -0.2) is 21.0 Å². The third-order valence-corrected chi connectivity index (χ3v) is 3.55. The minimum absolute atomic E-state index is 0.180. The Morgan fingerprint density at radius 1 is 1.04 bits per heavy atom. The third-order valence-electron chi connectivity index (χ3n) is 3.55. The van der Waals surface area contributed by atoms with E-state index in [1.54, 1.807) is 12.1 Å². The van der Waals surface area contributed by atoms with Crippen LogP contribution >= 0.6 is 0 Å². The van der Waals surface area contributed by atoms with Crippen molar-refractivity contribution >= 4 is 17.4 Å². The summed E-state index contributed by atoms with van der Waals surface area (Å²) in [5.74, 6) is 0. The number of nitrogens with zero attached hydrogens (tertiary/aromatic N) is 3. The number of alkyl halides is 4. The lowest BCUT2D eigenvalue weighted by molar-refractivity contribution is -0.136. The summed E-state index contributed by atoms with van der Waals surface area (Å²) in [6, 6.07) is 10.1. The van der Waals surface area contributed by atoms with Crippen LogP contribution in [0.1, 0.15) is 11.3 Å². The molecule has 0 bridgehead atoms. The monoisotopic (exact) mass is 379 g/mol. The van der Waals surface area contributed by atoms with E-state index in [9.17, 15) is 22.4 Å². The summed E-state index contributed by atoms with van der Waals surface area (Å²) in [6.07, 6.45) is -3.16. The zero-order valence-corrected chi connectivity index (χ0v) is 13.7. The van der Waals surface area contributed by atoms with Gasteiger partial charge in [0.25, 0.3) is 0 Å². The smallest absolute Gasteiger partial charge is 0.308 e. The molecule has 0 aliphatic rings. The molecular weight excluding hydrogens is 366 g/mol. The van der Waals surface area contributed by atoms with Crippen LogP contribution in [0.25, 0.3) is 5.69 Å². The first-order valence-corrected chi connectivity index (χ1v) is 7.68. The summed E-state index contributed by atoms with van der Waals surface area (Å²) in [5, 5.41) is 12.0. The van der Waals surface area contributed by atoms with Crippen molar-refractivity contribution in [2.75, 3.05) is 10.6 Å². The predicted octanol–water partition coefficient (Wildman–Crippen LogP) is 4.40. The van der Waals surface area contributed by atoms with E-state index in [2.05, 4.69) is 20.9 Å². The second kappa shape index (κ2) is 7.44. The molecule has 2 aromatic carbocycles. The van der Waals surface area contributed by atoms with Crippen LogP contribution in [0.5, 0.6) is 0 Å². The summed E-state index contributed by atoms with van der Waals surface area (Å²) < 4.78 is 52.7. The van der Waals surface area contributed by atoms with Gasteiger partial charge < -0.3 is 10.6 Å². The quantitative estimate of drug-likeness (QED) is 0.660. The van der Waals surface area contributed by atoms with E-state index in [1.807, 2.05) is 0 Å². The molecule has 140 valence electrons. The molecule has 6 nitrogen and oxygen atoms in total. The van der Waals surface area contributed by atoms with Gasteiger partial charge in [0.15, 0.2) is 0 Å². The number of hydrogen-bond acceptors (Lipinski definition) is 3. The van der Waals surface area contributed by atoms with Gasteiger partial charge in [-0.05, 0) is 36.4 Å². The number of carbonyl (C=O) groups is 1. The molecule has 0 atom stereocenters. The van der Waals surface area contributed by atoms with E-state index in [0.29, 0.717) is 11.4 Å². The Morgan fingerprint density at radius 2 is 1.74 bits per heavy atom. The van der Waals surface area contributed by atoms with Crippen molar-refractivity contribution in [1.29, 1.82) is 0 Å². The normalized spacial score (nSPS) is 11.3. The van der Waals surface area contributed by atoms with Crippen molar-refractivity contribution in [2.24, 2.45) is 0 Å². The van der Waals surface area contributed by atoms with Crippen molar-refractivity contribution in [1.82, 2.24) is 15.0 Å². The Hall–Kier alpha value is -3.43. The number of para-hydroxylation sites is 1. The Bertz CT molecular complexity index is 937. The molecule has 0 saturated carbocycles. The van der Waals surface area contributed by atoms with Crippen molar-refractivity contribution in [3.05, 3.63) is 66.0 Å². The number of urea groups is 1. The summed E-state index contributed by atoms with van der Waals surface area (Å²) in [6.45, 7) is -0.737. The van der Waals surface area contributed by atoms with Gasteiger partial charge >= 0.3 is 12.2 Å². The van der Waals surface area contributed by atoms with Crippen molar-refractivity contribution in [3.63, 3.8) is 0 Å². The predicted molar refractivity (Wildman–Crippen MR) is 90.3 cm³/mol. The highest BCUT2D eigenvalue weighted by Crippen LogP contribution is 2.34. The maximum absolute atomic E-state index is 13.0. The average Bonchev–Trinajstić information content (AvgIpc) is 3.11. The number of nitrogens with one attached hydrogen (secondary N) is 2. The van der Waals surface area contributed by atoms with Crippen LogP contribution in [0.4, 0.5) is 33.7 Å². The highest BCUT2D eigenvalue weighted by atomic mass is 19.4. The van der Waals surface area contributed by atoms with Gasteiger partial charge in [0.1, 0.15) is 12.4 Å². The van der Waals surface area contributed by atoms with Gasteiger partial charge in [-0.2, -0.15) is 13.2 Å². The van der Waals surface area contributed by atoms with Gasteiger partial charge in [-0.15, -0.1) is 5.10 Å². The molecule has 1 heterocycles. The Kier molecular flexibility index (Phi) is 5.06. The van der Waals surface area contributed by atoms with Gasteiger partial charge in [0.05, 0.1) is 23.1 Å². The second-order valence-corrected chi connectivity index (χ2v) is 5.46.